The fraction of sp³-hybridized carbons (Fsp3) is 0.526. The highest BCUT2D eigenvalue weighted by molar-refractivity contribution is 9.10. The molecule has 0 amide bonds. The van der Waals surface area contributed by atoms with Crippen molar-refractivity contribution in [3.63, 3.8) is 0 Å². The van der Waals surface area contributed by atoms with Crippen LogP contribution in [0.15, 0.2) is 28.3 Å². The molecule has 2 heterocycles. The second-order valence-corrected chi connectivity index (χ2v) is 8.66. The van der Waals surface area contributed by atoms with Crippen LogP contribution in [0.5, 0.6) is 0 Å². The molecule has 3 aliphatic rings. The van der Waals surface area contributed by atoms with Gasteiger partial charge in [-0.25, -0.2) is 9.97 Å². The van der Waals surface area contributed by atoms with Crippen molar-refractivity contribution >= 4 is 39.1 Å². The zero-order valence-corrected chi connectivity index (χ0v) is 17.1. The Labute approximate surface area is 165 Å². The molecule has 5 nitrogen and oxygen atoms in total. The molecular weight excluding hydrogens is 414 g/mol. The van der Waals surface area contributed by atoms with E-state index < -0.39 is 0 Å². The van der Waals surface area contributed by atoms with E-state index in [1.807, 2.05) is 30.5 Å². The lowest BCUT2D eigenvalue weighted by Crippen LogP contribution is -2.52. The van der Waals surface area contributed by atoms with Crippen molar-refractivity contribution in [1.29, 1.82) is 0 Å². The van der Waals surface area contributed by atoms with E-state index in [1.54, 1.807) is 11.3 Å². The normalized spacial score (nSPS) is 27.3. The Kier molecular flexibility index (Phi) is 5.27. The predicted octanol–water partition coefficient (Wildman–Crippen LogP) is 4.75. The number of nitrogens with one attached hydrogen (secondary N) is 1. The molecule has 5 rings (SSSR count). The van der Waals surface area contributed by atoms with Crippen LogP contribution >= 0.6 is 27.3 Å². The molecule has 2 aromatic rings. The zero-order valence-electron chi connectivity index (χ0n) is 14.7. The summed E-state index contributed by atoms with van der Waals surface area (Å²) >= 11 is 5.07. The van der Waals surface area contributed by atoms with Gasteiger partial charge in [0.05, 0.1) is 23.1 Å². The maximum Gasteiger partial charge on any atom is 0.311 e. The number of hydrogen-bond donors (Lipinski definition) is 1. The Morgan fingerprint density at radius 2 is 2.08 bits per heavy atom. The monoisotopic (exact) mass is 435 g/mol. The van der Waals surface area contributed by atoms with Crippen LogP contribution in [-0.2, 0) is 9.53 Å². The van der Waals surface area contributed by atoms with E-state index >= 15 is 0 Å². The van der Waals surface area contributed by atoms with Gasteiger partial charge in [-0.15, -0.1) is 11.3 Å². The third-order valence-electron chi connectivity index (χ3n) is 5.56. The van der Waals surface area contributed by atoms with Crippen molar-refractivity contribution in [2.45, 2.75) is 38.6 Å². The van der Waals surface area contributed by atoms with Crippen LogP contribution in [0.4, 0.5) is 5.82 Å². The molecule has 0 aliphatic heterocycles. The summed E-state index contributed by atoms with van der Waals surface area (Å²) in [7, 11) is 0. The number of aromatic nitrogens is 2. The van der Waals surface area contributed by atoms with E-state index in [-0.39, 0.29) is 17.9 Å². The number of carbonyl (C=O) groups excluding carboxylic acids is 1. The Balaban J connectivity index is 1.61. The van der Waals surface area contributed by atoms with Crippen molar-refractivity contribution in [3.05, 3.63) is 28.3 Å². The first-order chi connectivity index (χ1) is 12.7. The highest BCUT2D eigenvalue weighted by Crippen LogP contribution is 2.46. The highest BCUT2D eigenvalue weighted by atomic mass is 79.9. The summed E-state index contributed by atoms with van der Waals surface area (Å²) in [4.78, 5) is 22.7. The minimum atomic E-state index is -0.0821. The first kappa shape index (κ1) is 17.9. The van der Waals surface area contributed by atoms with Gasteiger partial charge in [0.15, 0.2) is 4.73 Å². The van der Waals surface area contributed by atoms with Gasteiger partial charge in [-0.2, -0.15) is 0 Å². The second-order valence-electron chi connectivity index (χ2n) is 7.01. The van der Waals surface area contributed by atoms with E-state index in [0.29, 0.717) is 23.2 Å². The molecule has 0 radical (unpaired) electrons. The summed E-state index contributed by atoms with van der Waals surface area (Å²) in [5.74, 6) is 1.53. The van der Waals surface area contributed by atoms with Gasteiger partial charge in [-0.1, -0.05) is 6.07 Å². The number of thiophene rings is 1. The average molecular weight is 436 g/mol. The summed E-state index contributed by atoms with van der Waals surface area (Å²) < 4.78 is 5.94. The van der Waals surface area contributed by atoms with Crippen molar-refractivity contribution in [2.24, 2.45) is 17.8 Å². The number of rotatable bonds is 5. The quantitative estimate of drug-likeness (QED) is 0.542. The summed E-state index contributed by atoms with van der Waals surface area (Å²) in [6.45, 7) is 2.30. The predicted molar refractivity (Wildman–Crippen MR) is 106 cm³/mol. The summed E-state index contributed by atoms with van der Waals surface area (Å²) in [5.41, 5.74) is 0.887. The van der Waals surface area contributed by atoms with Crippen LogP contribution in [0, 0.1) is 17.8 Å². The van der Waals surface area contributed by atoms with E-state index in [9.17, 15) is 4.79 Å². The number of hydrogen-bond acceptors (Lipinski definition) is 6. The third kappa shape index (κ3) is 3.51. The summed E-state index contributed by atoms with van der Waals surface area (Å²) in [6, 6.07) is 6.12. The zero-order chi connectivity index (χ0) is 18.1. The van der Waals surface area contributed by atoms with Gasteiger partial charge < -0.3 is 10.1 Å². The van der Waals surface area contributed by atoms with E-state index in [1.165, 1.54) is 12.8 Å². The molecule has 26 heavy (non-hydrogen) atoms. The SMILES string of the molecule is CCOC(=O)[C@@H]1C2CCC(CC2)[C@H]1Nc1cc(-c2cccs2)nc(Br)n1. The molecule has 2 bridgehead atoms. The van der Waals surface area contributed by atoms with E-state index in [4.69, 9.17) is 4.74 Å². The van der Waals surface area contributed by atoms with Gasteiger partial charge in [-0.05, 0) is 71.8 Å². The van der Waals surface area contributed by atoms with Crippen LogP contribution < -0.4 is 5.32 Å². The molecule has 1 N–H and O–H groups in total. The molecule has 7 heteroatoms. The molecule has 0 saturated heterocycles. The number of carbonyl (C=O) groups is 1. The summed E-state index contributed by atoms with van der Waals surface area (Å²) in [6.07, 6.45) is 4.59. The minimum absolute atomic E-state index is 0.0639. The molecule has 2 aromatic heterocycles. The molecule has 3 saturated carbocycles. The lowest BCUT2D eigenvalue weighted by molar-refractivity contribution is -0.154. The fourth-order valence-corrected chi connectivity index (χ4v) is 5.52. The van der Waals surface area contributed by atoms with Crippen LogP contribution in [0.2, 0.25) is 0 Å². The van der Waals surface area contributed by atoms with E-state index in [0.717, 1.165) is 29.2 Å². The average Bonchev–Trinajstić information content (AvgIpc) is 3.17. The number of nitrogens with zero attached hydrogens (tertiary/aromatic N) is 2. The number of halogens is 1. The molecule has 2 atom stereocenters. The van der Waals surface area contributed by atoms with Crippen molar-refractivity contribution in [1.82, 2.24) is 9.97 Å². The number of fused-ring (bicyclic) bond motifs is 3. The van der Waals surface area contributed by atoms with Gasteiger partial charge in [0.2, 0.25) is 0 Å². The smallest absolute Gasteiger partial charge is 0.311 e. The molecular formula is C19H22BrN3O2S. The second kappa shape index (κ2) is 7.64. The Morgan fingerprint density at radius 3 is 2.77 bits per heavy atom. The fourth-order valence-electron chi connectivity index (χ4n) is 4.45. The third-order valence-corrected chi connectivity index (χ3v) is 6.81. The lowest BCUT2D eigenvalue weighted by atomic mass is 9.61. The molecule has 138 valence electrons. The Hall–Kier alpha value is -1.47. The van der Waals surface area contributed by atoms with Crippen molar-refractivity contribution in [3.8, 4) is 10.6 Å². The lowest BCUT2D eigenvalue weighted by Gasteiger charge is -2.47. The minimum Gasteiger partial charge on any atom is -0.466 e. The number of esters is 1. The largest absolute Gasteiger partial charge is 0.466 e. The number of anilines is 1. The Morgan fingerprint density at radius 1 is 1.31 bits per heavy atom. The maximum atomic E-state index is 12.6. The van der Waals surface area contributed by atoms with Crippen LogP contribution in [0.3, 0.4) is 0 Å². The number of ether oxygens (including phenoxy) is 1. The van der Waals surface area contributed by atoms with Crippen molar-refractivity contribution in [2.75, 3.05) is 11.9 Å². The highest BCUT2D eigenvalue weighted by Gasteiger charge is 2.48. The van der Waals surface area contributed by atoms with Gasteiger partial charge in [0.25, 0.3) is 0 Å². The molecule has 3 aliphatic carbocycles. The summed E-state index contributed by atoms with van der Waals surface area (Å²) in [5, 5.41) is 5.60. The topological polar surface area (TPSA) is 64.1 Å². The van der Waals surface area contributed by atoms with E-state index in [2.05, 4.69) is 31.2 Å². The maximum absolute atomic E-state index is 12.6. The van der Waals surface area contributed by atoms with Gasteiger partial charge >= 0.3 is 5.97 Å². The molecule has 0 aromatic carbocycles. The van der Waals surface area contributed by atoms with Gasteiger partial charge in [0.1, 0.15) is 5.82 Å². The van der Waals surface area contributed by atoms with Crippen molar-refractivity contribution < 1.29 is 9.53 Å². The standard InChI is InChI=1S/C19H22BrN3O2S/c1-2-25-18(24)16-11-5-7-12(8-6-11)17(16)22-15-10-13(21-19(20)23-15)14-4-3-9-26-14/h3-4,9-12,16-17H,2,5-8H2,1H3,(H,21,22,23)/t11?,12?,16-,17-/m1/s1. The van der Waals surface area contributed by atoms with Crippen LogP contribution in [0.25, 0.3) is 10.6 Å². The Bertz CT molecular complexity index is 775. The molecule has 3 fully saturated rings. The van der Waals surface area contributed by atoms with Crippen LogP contribution in [0.1, 0.15) is 32.6 Å². The molecule has 0 spiro atoms. The van der Waals surface area contributed by atoms with Crippen LogP contribution in [-0.4, -0.2) is 28.6 Å². The first-order valence-corrected chi connectivity index (χ1v) is 10.8. The van der Waals surface area contributed by atoms with Gasteiger partial charge in [0, 0.05) is 12.1 Å². The molecule has 0 unspecified atom stereocenters. The van der Waals surface area contributed by atoms with Gasteiger partial charge in [-0.3, -0.25) is 4.79 Å². The first-order valence-electron chi connectivity index (χ1n) is 9.17.